The zero-order valence-electron chi connectivity index (χ0n) is 11.5. The van der Waals surface area contributed by atoms with Gasteiger partial charge in [-0.1, -0.05) is 54.1 Å². The minimum absolute atomic E-state index is 0.166. The van der Waals surface area contributed by atoms with E-state index in [2.05, 4.69) is 48.7 Å². The topological polar surface area (TPSA) is 38.0 Å². The van der Waals surface area contributed by atoms with Crippen molar-refractivity contribution in [3.05, 3.63) is 70.2 Å². The molecule has 2 aromatic rings. The Morgan fingerprint density at radius 3 is 2.60 bits per heavy atom. The highest BCUT2D eigenvalue weighted by Gasteiger charge is 2.44. The molecule has 2 aromatic carbocycles. The number of nitrogens with one attached hydrogen (secondary N) is 1. The van der Waals surface area contributed by atoms with Crippen molar-refractivity contribution < 1.29 is 0 Å². The van der Waals surface area contributed by atoms with Crippen molar-refractivity contribution in [1.29, 1.82) is 0 Å². The van der Waals surface area contributed by atoms with E-state index in [1.165, 1.54) is 17.5 Å². The summed E-state index contributed by atoms with van der Waals surface area (Å²) < 4.78 is 0. The average Bonchev–Trinajstić information content (AvgIpc) is 3.26. The van der Waals surface area contributed by atoms with Crippen molar-refractivity contribution in [1.82, 2.24) is 5.43 Å². The summed E-state index contributed by atoms with van der Waals surface area (Å²) in [5.41, 5.74) is 6.72. The Morgan fingerprint density at radius 1 is 1.15 bits per heavy atom. The van der Waals surface area contributed by atoms with Crippen molar-refractivity contribution in [2.24, 2.45) is 11.8 Å². The first-order valence-corrected chi connectivity index (χ1v) is 7.36. The molecule has 0 saturated heterocycles. The largest absolute Gasteiger partial charge is 0.271 e. The Labute approximate surface area is 124 Å². The molecule has 0 aromatic heterocycles. The monoisotopic (exact) mass is 286 g/mol. The van der Waals surface area contributed by atoms with E-state index < -0.39 is 0 Å². The Morgan fingerprint density at radius 2 is 1.90 bits per heavy atom. The summed E-state index contributed by atoms with van der Waals surface area (Å²) in [6.45, 7) is 2.06. The van der Waals surface area contributed by atoms with Crippen LogP contribution >= 0.6 is 11.6 Å². The standard InChI is InChI=1S/C17H19ClN2/c1-11-13(8-5-9-16(11)18)17(20-19)15-10-14(15)12-6-3-2-4-7-12/h2-9,14-15,17,20H,10,19H2,1H3. The predicted molar refractivity (Wildman–Crippen MR) is 83.5 cm³/mol. The Hall–Kier alpha value is -1.35. The second kappa shape index (κ2) is 5.57. The zero-order valence-corrected chi connectivity index (χ0v) is 12.3. The van der Waals surface area contributed by atoms with E-state index in [1.807, 2.05) is 12.1 Å². The number of hydrogen-bond donors (Lipinski definition) is 2. The van der Waals surface area contributed by atoms with Crippen LogP contribution in [0.3, 0.4) is 0 Å². The van der Waals surface area contributed by atoms with E-state index in [9.17, 15) is 0 Å². The lowest BCUT2D eigenvalue weighted by atomic mass is 9.95. The minimum Gasteiger partial charge on any atom is -0.271 e. The van der Waals surface area contributed by atoms with Crippen LogP contribution in [0, 0.1) is 12.8 Å². The van der Waals surface area contributed by atoms with Gasteiger partial charge >= 0.3 is 0 Å². The fourth-order valence-corrected chi connectivity index (χ4v) is 3.25. The summed E-state index contributed by atoms with van der Waals surface area (Å²) in [4.78, 5) is 0. The van der Waals surface area contributed by atoms with E-state index in [-0.39, 0.29) is 6.04 Å². The molecule has 3 N–H and O–H groups in total. The van der Waals surface area contributed by atoms with Crippen molar-refractivity contribution in [3.63, 3.8) is 0 Å². The normalized spacial score (nSPS) is 22.6. The SMILES string of the molecule is Cc1c(Cl)cccc1C(NN)C1CC1c1ccccc1. The summed E-state index contributed by atoms with van der Waals surface area (Å²) in [6, 6.07) is 16.9. The molecule has 1 aliphatic rings. The molecule has 1 saturated carbocycles. The van der Waals surface area contributed by atoms with Crippen LogP contribution in [-0.2, 0) is 0 Å². The molecule has 0 bridgehead atoms. The fourth-order valence-electron chi connectivity index (χ4n) is 3.07. The summed E-state index contributed by atoms with van der Waals surface area (Å²) in [7, 11) is 0. The minimum atomic E-state index is 0.166. The van der Waals surface area contributed by atoms with Crippen LogP contribution in [0.2, 0.25) is 5.02 Å². The number of hydrogen-bond acceptors (Lipinski definition) is 2. The molecule has 0 aliphatic heterocycles. The lowest BCUT2D eigenvalue weighted by molar-refractivity contribution is 0.485. The molecule has 2 nitrogen and oxygen atoms in total. The summed E-state index contributed by atoms with van der Waals surface area (Å²) >= 11 is 6.22. The highest BCUT2D eigenvalue weighted by atomic mass is 35.5. The molecule has 1 fully saturated rings. The van der Waals surface area contributed by atoms with Crippen LogP contribution in [0.1, 0.15) is 35.1 Å². The second-order valence-corrected chi connectivity index (χ2v) is 5.92. The van der Waals surface area contributed by atoms with E-state index in [0.29, 0.717) is 11.8 Å². The Balaban J connectivity index is 1.84. The number of hydrazine groups is 1. The molecule has 3 unspecified atom stereocenters. The molecule has 0 heterocycles. The zero-order chi connectivity index (χ0) is 14.1. The molecule has 1 aliphatic carbocycles. The number of halogens is 1. The van der Waals surface area contributed by atoms with Gasteiger partial charge in [-0.15, -0.1) is 0 Å². The predicted octanol–water partition coefficient (Wildman–Crippen LogP) is 3.96. The molecule has 0 radical (unpaired) electrons. The summed E-state index contributed by atoms with van der Waals surface area (Å²) in [5, 5.41) is 0.805. The Bertz CT molecular complexity index is 597. The summed E-state index contributed by atoms with van der Waals surface area (Å²) in [6.07, 6.45) is 1.17. The van der Waals surface area contributed by atoms with Gasteiger partial charge in [-0.2, -0.15) is 0 Å². The average molecular weight is 287 g/mol. The van der Waals surface area contributed by atoms with Crippen molar-refractivity contribution >= 4 is 11.6 Å². The van der Waals surface area contributed by atoms with Gasteiger partial charge < -0.3 is 0 Å². The van der Waals surface area contributed by atoms with Crippen LogP contribution < -0.4 is 11.3 Å². The number of rotatable bonds is 4. The van der Waals surface area contributed by atoms with Crippen LogP contribution in [-0.4, -0.2) is 0 Å². The maximum absolute atomic E-state index is 6.22. The summed E-state index contributed by atoms with van der Waals surface area (Å²) in [5.74, 6) is 6.95. The molecule has 3 atom stereocenters. The molecular formula is C17H19ClN2. The van der Waals surface area contributed by atoms with E-state index in [4.69, 9.17) is 17.4 Å². The van der Waals surface area contributed by atoms with Crippen molar-refractivity contribution in [3.8, 4) is 0 Å². The van der Waals surface area contributed by atoms with Gasteiger partial charge in [0.25, 0.3) is 0 Å². The molecule has 0 amide bonds. The lowest BCUT2D eigenvalue weighted by Crippen LogP contribution is -2.30. The van der Waals surface area contributed by atoms with Gasteiger partial charge in [0.05, 0.1) is 0 Å². The van der Waals surface area contributed by atoms with E-state index >= 15 is 0 Å². The van der Waals surface area contributed by atoms with Gasteiger partial charge in [0.1, 0.15) is 0 Å². The lowest BCUT2D eigenvalue weighted by Gasteiger charge is -2.19. The number of benzene rings is 2. The van der Waals surface area contributed by atoms with Crippen molar-refractivity contribution in [2.75, 3.05) is 0 Å². The molecule has 0 spiro atoms. The van der Waals surface area contributed by atoms with Crippen molar-refractivity contribution in [2.45, 2.75) is 25.3 Å². The third-order valence-electron chi connectivity index (χ3n) is 4.32. The molecule has 20 heavy (non-hydrogen) atoms. The van der Waals surface area contributed by atoms with Gasteiger partial charge in [-0.25, -0.2) is 0 Å². The maximum Gasteiger partial charge on any atom is 0.0497 e. The van der Waals surface area contributed by atoms with E-state index in [0.717, 1.165) is 10.6 Å². The Kier molecular flexibility index (Phi) is 3.79. The quantitative estimate of drug-likeness (QED) is 0.659. The third kappa shape index (κ3) is 2.47. The van der Waals surface area contributed by atoms with Crippen LogP contribution in [0.25, 0.3) is 0 Å². The highest BCUT2D eigenvalue weighted by Crippen LogP contribution is 2.54. The number of nitrogens with two attached hydrogens (primary N) is 1. The van der Waals surface area contributed by atoms with Crippen LogP contribution in [0.4, 0.5) is 0 Å². The first kappa shape index (κ1) is 13.6. The van der Waals surface area contributed by atoms with Gasteiger partial charge in [0.15, 0.2) is 0 Å². The third-order valence-corrected chi connectivity index (χ3v) is 4.73. The molecule has 104 valence electrons. The molecule has 3 heteroatoms. The maximum atomic E-state index is 6.22. The fraction of sp³-hybridized carbons (Fsp3) is 0.294. The van der Waals surface area contributed by atoms with E-state index in [1.54, 1.807) is 0 Å². The van der Waals surface area contributed by atoms with Gasteiger partial charge in [0.2, 0.25) is 0 Å². The van der Waals surface area contributed by atoms with Gasteiger partial charge in [0, 0.05) is 11.1 Å². The smallest absolute Gasteiger partial charge is 0.0497 e. The van der Waals surface area contributed by atoms with Gasteiger partial charge in [-0.05, 0) is 47.9 Å². The van der Waals surface area contributed by atoms with Crippen LogP contribution in [0.15, 0.2) is 48.5 Å². The van der Waals surface area contributed by atoms with Gasteiger partial charge in [-0.3, -0.25) is 11.3 Å². The second-order valence-electron chi connectivity index (χ2n) is 5.52. The molecule has 3 rings (SSSR count). The first-order valence-electron chi connectivity index (χ1n) is 6.98. The molecular weight excluding hydrogens is 268 g/mol. The van der Waals surface area contributed by atoms with Crippen LogP contribution in [0.5, 0.6) is 0 Å². The highest BCUT2D eigenvalue weighted by molar-refractivity contribution is 6.31. The first-order chi connectivity index (χ1) is 9.72.